The highest BCUT2D eigenvalue weighted by molar-refractivity contribution is 9.10. The molecule has 2 heterocycles. The van der Waals surface area contributed by atoms with E-state index in [-0.39, 0.29) is 10.2 Å². The lowest BCUT2D eigenvalue weighted by Crippen LogP contribution is -2.19. The number of alkyl halides is 5. The van der Waals surface area contributed by atoms with Crippen molar-refractivity contribution in [2.75, 3.05) is 5.32 Å². The van der Waals surface area contributed by atoms with E-state index in [1.165, 1.54) is 7.05 Å². The first-order valence-corrected chi connectivity index (χ1v) is 8.52. The number of anilines is 1. The van der Waals surface area contributed by atoms with Gasteiger partial charge in [0.05, 0.1) is 23.1 Å². The maximum absolute atomic E-state index is 13.7. The smallest absolute Gasteiger partial charge is 0.319 e. The zero-order valence-electron chi connectivity index (χ0n) is 14.3. The van der Waals surface area contributed by atoms with Gasteiger partial charge in [0.1, 0.15) is 11.5 Å². The normalized spacial score (nSPS) is 11.9. The van der Waals surface area contributed by atoms with Gasteiger partial charge < -0.3 is 5.32 Å². The highest BCUT2D eigenvalue weighted by Crippen LogP contribution is 2.38. The number of aromatic nitrogens is 4. The van der Waals surface area contributed by atoms with Gasteiger partial charge in [0, 0.05) is 17.7 Å². The SMILES string of the molecule is Cn1cc(C(=O)Nc2cnn(-c3ccc(F)cc3Br)c2C(F)(F)F)c(C(F)F)n1. The third-order valence-electron chi connectivity index (χ3n) is 3.73. The molecule has 1 aromatic carbocycles. The number of amides is 1. The Balaban J connectivity index is 2.05. The van der Waals surface area contributed by atoms with Gasteiger partial charge >= 0.3 is 6.18 Å². The van der Waals surface area contributed by atoms with Crippen molar-refractivity contribution in [3.05, 3.63) is 57.8 Å². The number of benzene rings is 1. The summed E-state index contributed by atoms with van der Waals surface area (Å²) in [6.07, 6.45) is -6.40. The van der Waals surface area contributed by atoms with Crippen LogP contribution in [-0.4, -0.2) is 25.5 Å². The van der Waals surface area contributed by atoms with Gasteiger partial charge in [-0.3, -0.25) is 9.48 Å². The Morgan fingerprint density at radius 1 is 1.28 bits per heavy atom. The minimum absolute atomic E-state index is 0.0174. The van der Waals surface area contributed by atoms with Crippen LogP contribution in [0.1, 0.15) is 28.2 Å². The Morgan fingerprint density at radius 2 is 1.97 bits per heavy atom. The summed E-state index contributed by atoms with van der Waals surface area (Å²) in [6.45, 7) is 0. The zero-order chi connectivity index (χ0) is 21.5. The van der Waals surface area contributed by atoms with E-state index in [1.54, 1.807) is 0 Å². The summed E-state index contributed by atoms with van der Waals surface area (Å²) in [6, 6.07) is 2.94. The second kappa shape index (κ2) is 7.54. The molecule has 13 heteroatoms. The van der Waals surface area contributed by atoms with Gasteiger partial charge in [-0.05, 0) is 34.1 Å². The van der Waals surface area contributed by atoms with Gasteiger partial charge in [0.2, 0.25) is 0 Å². The Hall–Kier alpha value is -2.83. The van der Waals surface area contributed by atoms with Crippen LogP contribution < -0.4 is 5.32 Å². The second-order valence-corrected chi connectivity index (χ2v) is 6.62. The molecule has 1 N–H and O–H groups in total. The van der Waals surface area contributed by atoms with Gasteiger partial charge in [-0.15, -0.1) is 0 Å². The average Bonchev–Trinajstić information content (AvgIpc) is 3.18. The molecule has 0 unspecified atom stereocenters. The molecule has 0 spiro atoms. The van der Waals surface area contributed by atoms with Crippen LogP contribution in [-0.2, 0) is 13.2 Å². The van der Waals surface area contributed by atoms with Gasteiger partial charge in [-0.2, -0.15) is 23.4 Å². The topological polar surface area (TPSA) is 64.7 Å². The number of carbonyl (C=O) groups is 1. The predicted molar refractivity (Wildman–Crippen MR) is 92.3 cm³/mol. The number of rotatable bonds is 4. The summed E-state index contributed by atoms with van der Waals surface area (Å²) >= 11 is 2.96. The van der Waals surface area contributed by atoms with Crippen LogP contribution >= 0.6 is 15.9 Å². The molecule has 3 aromatic rings. The maximum Gasteiger partial charge on any atom is 0.435 e. The van der Waals surface area contributed by atoms with Crippen LogP contribution in [0.5, 0.6) is 0 Å². The molecular weight excluding hydrogens is 472 g/mol. The molecule has 154 valence electrons. The largest absolute Gasteiger partial charge is 0.435 e. The first kappa shape index (κ1) is 20.9. The van der Waals surface area contributed by atoms with Crippen molar-refractivity contribution in [2.45, 2.75) is 12.6 Å². The Morgan fingerprint density at radius 3 is 2.55 bits per heavy atom. The van der Waals surface area contributed by atoms with Crippen LogP contribution in [0.15, 0.2) is 35.1 Å². The second-order valence-electron chi connectivity index (χ2n) is 5.77. The molecule has 0 saturated carbocycles. The molecule has 0 fully saturated rings. The van der Waals surface area contributed by atoms with Crippen LogP contribution in [0, 0.1) is 5.82 Å². The number of aryl methyl sites for hydroxylation is 1. The van der Waals surface area contributed by atoms with E-state index in [9.17, 15) is 31.1 Å². The molecule has 0 radical (unpaired) electrons. The van der Waals surface area contributed by atoms with Crippen LogP contribution in [0.2, 0.25) is 0 Å². The summed E-state index contributed by atoms with van der Waals surface area (Å²) in [5, 5.41) is 9.00. The van der Waals surface area contributed by atoms with Gasteiger partial charge in [0.15, 0.2) is 5.69 Å². The number of hydrogen-bond donors (Lipinski definition) is 1. The molecule has 0 atom stereocenters. The van der Waals surface area contributed by atoms with Gasteiger partial charge in [0.25, 0.3) is 12.3 Å². The fourth-order valence-electron chi connectivity index (χ4n) is 2.58. The zero-order valence-corrected chi connectivity index (χ0v) is 15.9. The van der Waals surface area contributed by atoms with Crippen molar-refractivity contribution in [2.24, 2.45) is 7.05 Å². The quantitative estimate of drug-likeness (QED) is 0.548. The average molecular weight is 482 g/mol. The first-order valence-electron chi connectivity index (χ1n) is 7.72. The molecule has 0 bridgehead atoms. The Bertz CT molecular complexity index is 1070. The van der Waals surface area contributed by atoms with E-state index in [4.69, 9.17) is 0 Å². The summed E-state index contributed by atoms with van der Waals surface area (Å²) in [7, 11) is 1.29. The highest BCUT2D eigenvalue weighted by atomic mass is 79.9. The van der Waals surface area contributed by atoms with E-state index >= 15 is 0 Å². The van der Waals surface area contributed by atoms with Crippen LogP contribution in [0.4, 0.5) is 32.0 Å². The first-order chi connectivity index (χ1) is 13.5. The van der Waals surface area contributed by atoms with E-state index in [2.05, 4.69) is 26.1 Å². The van der Waals surface area contributed by atoms with Crippen molar-refractivity contribution >= 4 is 27.5 Å². The molecule has 6 nitrogen and oxygen atoms in total. The number of hydrogen-bond acceptors (Lipinski definition) is 3. The van der Waals surface area contributed by atoms with Crippen molar-refractivity contribution in [1.29, 1.82) is 0 Å². The van der Waals surface area contributed by atoms with Crippen molar-refractivity contribution in [1.82, 2.24) is 19.6 Å². The molecule has 0 aliphatic heterocycles. The maximum atomic E-state index is 13.7. The molecule has 0 saturated heterocycles. The number of carbonyl (C=O) groups excluding carboxylic acids is 1. The minimum Gasteiger partial charge on any atom is -0.319 e. The number of nitrogens with one attached hydrogen (secondary N) is 1. The third kappa shape index (κ3) is 4.13. The summed E-state index contributed by atoms with van der Waals surface area (Å²) < 4.78 is 81.7. The monoisotopic (exact) mass is 481 g/mol. The van der Waals surface area contributed by atoms with Crippen molar-refractivity contribution in [3.63, 3.8) is 0 Å². The van der Waals surface area contributed by atoms with Crippen LogP contribution in [0.25, 0.3) is 5.69 Å². The van der Waals surface area contributed by atoms with E-state index in [0.717, 1.165) is 35.3 Å². The molecule has 3 rings (SSSR count). The van der Waals surface area contributed by atoms with Crippen molar-refractivity contribution < 1.29 is 31.1 Å². The summed E-state index contributed by atoms with van der Waals surface area (Å²) in [5.74, 6) is -1.90. The molecule has 0 aliphatic carbocycles. The third-order valence-corrected chi connectivity index (χ3v) is 4.37. The Kier molecular flexibility index (Phi) is 5.43. The summed E-state index contributed by atoms with van der Waals surface area (Å²) in [5.41, 5.74) is -3.73. The minimum atomic E-state index is -4.98. The lowest BCUT2D eigenvalue weighted by molar-refractivity contribution is -0.142. The lowest BCUT2D eigenvalue weighted by atomic mass is 10.2. The number of nitrogens with zero attached hydrogens (tertiary/aromatic N) is 4. The standard InChI is InChI=1S/C16H10BrF6N5O/c1-27-6-8(12(26-27)14(19)20)15(29)25-10-5-24-28(13(10)16(21,22)23)11-3-2-7(18)4-9(11)17/h2-6,14H,1H3,(H,25,29). The molecule has 2 aromatic heterocycles. The van der Waals surface area contributed by atoms with E-state index in [1.807, 2.05) is 5.32 Å². The fourth-order valence-corrected chi connectivity index (χ4v) is 3.10. The summed E-state index contributed by atoms with van der Waals surface area (Å²) in [4.78, 5) is 12.3. The Labute approximate surface area is 167 Å². The number of halogens is 7. The van der Waals surface area contributed by atoms with E-state index < -0.39 is 47.0 Å². The van der Waals surface area contributed by atoms with Crippen molar-refractivity contribution in [3.8, 4) is 5.69 Å². The van der Waals surface area contributed by atoms with Gasteiger partial charge in [-0.25, -0.2) is 17.9 Å². The molecule has 1 amide bonds. The molecule has 0 aliphatic rings. The van der Waals surface area contributed by atoms with E-state index in [0.29, 0.717) is 4.68 Å². The van der Waals surface area contributed by atoms with Gasteiger partial charge in [-0.1, -0.05) is 0 Å². The highest BCUT2D eigenvalue weighted by Gasteiger charge is 2.40. The van der Waals surface area contributed by atoms with Crippen LogP contribution in [0.3, 0.4) is 0 Å². The predicted octanol–water partition coefficient (Wildman–Crippen LogP) is 4.72. The molecule has 29 heavy (non-hydrogen) atoms. The lowest BCUT2D eigenvalue weighted by Gasteiger charge is -2.14. The molecular formula is C16H10BrF6N5O. The fraction of sp³-hybridized carbons (Fsp3) is 0.188.